The van der Waals surface area contributed by atoms with Crippen LogP contribution in [0.3, 0.4) is 0 Å². The minimum absolute atomic E-state index is 0.0470. The van der Waals surface area contributed by atoms with Crippen molar-refractivity contribution >= 4 is 0 Å². The molecule has 2 aliphatic rings. The molecule has 5 nitrogen and oxygen atoms in total. The molecule has 2 rings (SSSR count). The lowest BCUT2D eigenvalue weighted by atomic mass is 10.3. The fourth-order valence-corrected chi connectivity index (χ4v) is 1.08. The summed E-state index contributed by atoms with van der Waals surface area (Å²) in [6.45, 7) is 2.81. The fourth-order valence-electron chi connectivity index (χ4n) is 1.08. The summed E-state index contributed by atoms with van der Waals surface area (Å²) in [5, 5.41) is 18.8. The highest BCUT2D eigenvalue weighted by atomic mass is 16.6. The monoisotopic (exact) mass is 157 g/mol. The van der Waals surface area contributed by atoms with Crippen LogP contribution in [0.25, 0.3) is 0 Å². The third-order valence-electron chi connectivity index (χ3n) is 1.83. The number of nitrogens with zero attached hydrogens (tertiary/aromatic N) is 3. The van der Waals surface area contributed by atoms with Crippen molar-refractivity contribution in [2.24, 2.45) is 10.3 Å². The molecule has 0 aromatic heterocycles. The summed E-state index contributed by atoms with van der Waals surface area (Å²) in [5.41, 5.74) is 0. The molecule has 0 aromatic rings. The second-order valence-corrected chi connectivity index (χ2v) is 2.81. The molecular weight excluding hydrogens is 146 g/mol. The average molecular weight is 157 g/mol. The van der Waals surface area contributed by atoms with Gasteiger partial charge in [-0.15, -0.1) is 0 Å². The molecule has 11 heavy (non-hydrogen) atoms. The number of β-amino-alcohol motifs (C(OH)–C–C–N with tert-alkyl or cyclic N) is 1. The van der Waals surface area contributed by atoms with Crippen molar-refractivity contribution in [2.45, 2.75) is 12.2 Å². The van der Waals surface area contributed by atoms with E-state index in [1.807, 2.05) is 0 Å². The standard InChI is InChI=1S/C6H11N3O2/c10-5(6-4-11-6)3-9-2-1-7-8-9/h5-6,10H,1-4H2. The van der Waals surface area contributed by atoms with Gasteiger partial charge in [-0.3, -0.25) is 5.01 Å². The highest BCUT2D eigenvalue weighted by Gasteiger charge is 2.32. The summed E-state index contributed by atoms with van der Waals surface area (Å²) in [4.78, 5) is 0. The molecule has 2 atom stereocenters. The van der Waals surface area contributed by atoms with Gasteiger partial charge < -0.3 is 9.84 Å². The normalized spacial score (nSPS) is 31.0. The average Bonchev–Trinajstić information content (AvgIpc) is 2.73. The molecule has 5 heteroatoms. The Bertz CT molecular complexity index is 169. The lowest BCUT2D eigenvalue weighted by Gasteiger charge is -2.14. The van der Waals surface area contributed by atoms with E-state index in [1.165, 1.54) is 0 Å². The number of ether oxygens (including phenoxy) is 1. The number of aliphatic hydroxyl groups excluding tert-OH is 1. The zero-order valence-electron chi connectivity index (χ0n) is 6.18. The Hall–Kier alpha value is -0.680. The van der Waals surface area contributed by atoms with Crippen LogP contribution >= 0.6 is 0 Å². The van der Waals surface area contributed by atoms with E-state index in [9.17, 15) is 5.11 Å². The van der Waals surface area contributed by atoms with Crippen molar-refractivity contribution in [2.75, 3.05) is 26.2 Å². The maximum absolute atomic E-state index is 9.38. The first kappa shape index (κ1) is 7.00. The topological polar surface area (TPSA) is 60.7 Å². The molecule has 2 aliphatic heterocycles. The molecule has 1 saturated heterocycles. The van der Waals surface area contributed by atoms with E-state index in [-0.39, 0.29) is 6.10 Å². The minimum Gasteiger partial charge on any atom is -0.388 e. The summed E-state index contributed by atoms with van der Waals surface area (Å²) in [5.74, 6) is 0. The van der Waals surface area contributed by atoms with Crippen molar-refractivity contribution in [3.63, 3.8) is 0 Å². The van der Waals surface area contributed by atoms with Crippen LogP contribution < -0.4 is 0 Å². The first-order valence-corrected chi connectivity index (χ1v) is 3.78. The largest absolute Gasteiger partial charge is 0.388 e. The van der Waals surface area contributed by atoms with Crippen LogP contribution in [0.1, 0.15) is 0 Å². The van der Waals surface area contributed by atoms with Crippen molar-refractivity contribution in [3.8, 4) is 0 Å². The molecule has 0 aliphatic carbocycles. The molecule has 0 bridgehead atoms. The third-order valence-corrected chi connectivity index (χ3v) is 1.83. The van der Waals surface area contributed by atoms with Crippen LogP contribution in [-0.4, -0.2) is 48.6 Å². The van der Waals surface area contributed by atoms with Crippen LogP contribution in [0.4, 0.5) is 0 Å². The predicted octanol–water partition coefficient (Wildman–Crippen LogP) is -0.571. The van der Waals surface area contributed by atoms with Crippen LogP contribution in [0.5, 0.6) is 0 Å². The Morgan fingerprint density at radius 2 is 2.55 bits per heavy atom. The summed E-state index contributed by atoms with van der Waals surface area (Å²) < 4.78 is 4.93. The van der Waals surface area contributed by atoms with E-state index in [2.05, 4.69) is 10.3 Å². The fraction of sp³-hybridized carbons (Fsp3) is 1.00. The highest BCUT2D eigenvalue weighted by Crippen LogP contribution is 2.15. The van der Waals surface area contributed by atoms with Gasteiger partial charge in [-0.05, 0) is 0 Å². The zero-order valence-corrected chi connectivity index (χ0v) is 6.18. The van der Waals surface area contributed by atoms with Crippen LogP contribution in [0.2, 0.25) is 0 Å². The van der Waals surface area contributed by atoms with Gasteiger partial charge in [0.05, 0.1) is 26.2 Å². The molecule has 1 N–H and O–H groups in total. The van der Waals surface area contributed by atoms with Crippen molar-refractivity contribution in [3.05, 3.63) is 0 Å². The van der Waals surface area contributed by atoms with E-state index in [0.717, 1.165) is 13.1 Å². The Kier molecular flexibility index (Phi) is 1.75. The first-order chi connectivity index (χ1) is 5.36. The Morgan fingerprint density at radius 3 is 3.09 bits per heavy atom. The zero-order chi connectivity index (χ0) is 7.68. The second-order valence-electron chi connectivity index (χ2n) is 2.81. The lowest BCUT2D eigenvalue weighted by Crippen LogP contribution is -2.31. The molecule has 2 unspecified atom stereocenters. The van der Waals surface area contributed by atoms with Crippen LogP contribution in [0.15, 0.2) is 10.3 Å². The number of hydrogen-bond donors (Lipinski definition) is 1. The predicted molar refractivity (Wildman–Crippen MR) is 37.0 cm³/mol. The second kappa shape index (κ2) is 2.75. The number of hydrogen-bond acceptors (Lipinski definition) is 5. The smallest absolute Gasteiger partial charge is 0.109 e. The molecular formula is C6H11N3O2. The van der Waals surface area contributed by atoms with E-state index in [0.29, 0.717) is 13.2 Å². The molecule has 1 fully saturated rings. The van der Waals surface area contributed by atoms with Crippen molar-refractivity contribution < 1.29 is 9.84 Å². The van der Waals surface area contributed by atoms with Gasteiger partial charge in [0, 0.05) is 0 Å². The van der Waals surface area contributed by atoms with Crippen LogP contribution in [-0.2, 0) is 4.74 Å². The number of aliphatic hydroxyl groups is 1. The molecule has 0 aromatic carbocycles. The third kappa shape index (κ3) is 1.66. The Morgan fingerprint density at radius 1 is 1.73 bits per heavy atom. The quantitative estimate of drug-likeness (QED) is 0.558. The molecule has 0 radical (unpaired) electrons. The Balaban J connectivity index is 1.74. The summed E-state index contributed by atoms with van der Waals surface area (Å²) >= 11 is 0. The van der Waals surface area contributed by atoms with Crippen LogP contribution in [0, 0.1) is 0 Å². The molecule has 0 saturated carbocycles. The lowest BCUT2D eigenvalue weighted by molar-refractivity contribution is 0.0924. The van der Waals surface area contributed by atoms with E-state index >= 15 is 0 Å². The van der Waals surface area contributed by atoms with Gasteiger partial charge >= 0.3 is 0 Å². The number of rotatable bonds is 3. The van der Waals surface area contributed by atoms with Crippen molar-refractivity contribution in [1.82, 2.24) is 5.01 Å². The van der Waals surface area contributed by atoms with Gasteiger partial charge in [-0.2, -0.15) is 5.11 Å². The molecule has 2 heterocycles. The molecule has 0 spiro atoms. The van der Waals surface area contributed by atoms with E-state index in [4.69, 9.17) is 4.74 Å². The molecule has 0 amide bonds. The number of epoxide rings is 1. The summed E-state index contributed by atoms with van der Waals surface area (Å²) in [6.07, 6.45) is -0.349. The summed E-state index contributed by atoms with van der Waals surface area (Å²) in [7, 11) is 0. The van der Waals surface area contributed by atoms with E-state index in [1.54, 1.807) is 5.01 Å². The van der Waals surface area contributed by atoms with Gasteiger partial charge in [0.25, 0.3) is 0 Å². The SMILES string of the molecule is OC(CN1CCN=N1)C1CO1. The first-order valence-electron chi connectivity index (χ1n) is 3.78. The maximum Gasteiger partial charge on any atom is 0.109 e. The van der Waals surface area contributed by atoms with E-state index < -0.39 is 6.10 Å². The Labute approximate surface area is 64.6 Å². The van der Waals surface area contributed by atoms with Gasteiger partial charge in [0.15, 0.2) is 0 Å². The summed E-state index contributed by atoms with van der Waals surface area (Å²) in [6, 6.07) is 0. The van der Waals surface area contributed by atoms with Gasteiger partial charge in [0.2, 0.25) is 0 Å². The minimum atomic E-state index is -0.396. The van der Waals surface area contributed by atoms with Gasteiger partial charge in [-0.1, -0.05) is 5.22 Å². The van der Waals surface area contributed by atoms with Gasteiger partial charge in [0.1, 0.15) is 12.2 Å². The highest BCUT2D eigenvalue weighted by molar-refractivity contribution is 4.80. The van der Waals surface area contributed by atoms with Crippen molar-refractivity contribution in [1.29, 1.82) is 0 Å². The van der Waals surface area contributed by atoms with Gasteiger partial charge in [-0.25, -0.2) is 0 Å². The maximum atomic E-state index is 9.38. The molecule has 62 valence electrons.